The van der Waals surface area contributed by atoms with Crippen LogP contribution in [0.1, 0.15) is 65.1 Å². The standard InChI is InChI=1S/C13H15NO4.C13H14O4/c1-17-9-3-4-10-11(7-9)8(5-12(10)14-16)6-13(15)18-2;1-8(14)17-7-9-5-13(15)11-4-3-10(16-2)6-12(9)11/h3-4,7-8,16H,5-6H2,1-2H3;3-4,6,9H,5,7H2,1-2H3. The predicted molar refractivity (Wildman–Crippen MR) is 127 cm³/mol. The molecule has 0 saturated heterocycles. The van der Waals surface area contributed by atoms with Crippen LogP contribution in [0.5, 0.6) is 11.5 Å². The van der Waals surface area contributed by atoms with Crippen LogP contribution in [0.3, 0.4) is 0 Å². The average Bonchev–Trinajstić information content (AvgIpc) is 3.38. The molecule has 2 aromatic rings. The summed E-state index contributed by atoms with van der Waals surface area (Å²) in [7, 11) is 4.54. The van der Waals surface area contributed by atoms with Crippen LogP contribution < -0.4 is 9.47 Å². The van der Waals surface area contributed by atoms with E-state index in [1.807, 2.05) is 24.3 Å². The minimum Gasteiger partial charge on any atom is -0.497 e. The third-order valence-corrected chi connectivity index (χ3v) is 6.13. The summed E-state index contributed by atoms with van der Waals surface area (Å²) in [4.78, 5) is 33.9. The number of nitrogens with zero attached hydrogens (tertiary/aromatic N) is 1. The fourth-order valence-electron chi connectivity index (χ4n) is 4.35. The fourth-order valence-corrected chi connectivity index (χ4v) is 4.35. The number of ether oxygens (including phenoxy) is 4. The van der Waals surface area contributed by atoms with Gasteiger partial charge in [0.15, 0.2) is 5.78 Å². The van der Waals surface area contributed by atoms with Crippen molar-refractivity contribution in [3.05, 3.63) is 58.7 Å². The Labute approximate surface area is 203 Å². The summed E-state index contributed by atoms with van der Waals surface area (Å²) < 4.78 is 20.0. The molecule has 0 heterocycles. The quantitative estimate of drug-likeness (QED) is 0.374. The lowest BCUT2D eigenvalue weighted by Gasteiger charge is -2.11. The molecule has 0 saturated carbocycles. The van der Waals surface area contributed by atoms with E-state index in [0.717, 1.165) is 22.4 Å². The van der Waals surface area contributed by atoms with E-state index < -0.39 is 0 Å². The number of carbonyl (C=O) groups excluding carboxylic acids is 3. The Morgan fingerprint density at radius 1 is 0.943 bits per heavy atom. The second-order valence-corrected chi connectivity index (χ2v) is 8.26. The van der Waals surface area contributed by atoms with E-state index in [4.69, 9.17) is 19.4 Å². The van der Waals surface area contributed by atoms with Crippen molar-refractivity contribution < 1.29 is 38.5 Å². The number of benzene rings is 2. The third kappa shape index (κ3) is 5.98. The molecular formula is C26H29NO8. The zero-order valence-electron chi connectivity index (χ0n) is 20.2. The number of hydrogen-bond acceptors (Lipinski definition) is 9. The van der Waals surface area contributed by atoms with E-state index in [-0.39, 0.29) is 42.6 Å². The minimum absolute atomic E-state index is 0.0200. The highest BCUT2D eigenvalue weighted by atomic mass is 16.5. The average molecular weight is 484 g/mol. The van der Waals surface area contributed by atoms with Crippen molar-refractivity contribution in [1.29, 1.82) is 0 Å². The van der Waals surface area contributed by atoms with Gasteiger partial charge in [0.2, 0.25) is 0 Å². The number of hydrogen-bond donors (Lipinski definition) is 1. The summed E-state index contributed by atoms with van der Waals surface area (Å²) >= 11 is 0. The number of methoxy groups -OCH3 is 3. The lowest BCUT2D eigenvalue weighted by molar-refractivity contribution is -0.142. The van der Waals surface area contributed by atoms with Gasteiger partial charge >= 0.3 is 11.9 Å². The first kappa shape index (κ1) is 25.7. The molecule has 186 valence electrons. The molecule has 0 aromatic heterocycles. The van der Waals surface area contributed by atoms with Gasteiger partial charge in [-0.2, -0.15) is 0 Å². The molecule has 2 aliphatic rings. The Bertz CT molecular complexity index is 1140. The molecule has 0 spiro atoms. The maximum Gasteiger partial charge on any atom is 0.306 e. The van der Waals surface area contributed by atoms with E-state index >= 15 is 0 Å². The smallest absolute Gasteiger partial charge is 0.306 e. The SMILES string of the molecule is COC(=O)CC1CC(=NO)c2ccc(OC)cc21.COc1ccc2c(c1)C(COC(C)=O)CC2=O. The number of fused-ring (bicyclic) bond motifs is 2. The molecule has 9 nitrogen and oxygen atoms in total. The van der Waals surface area contributed by atoms with Crippen LogP contribution in [0.15, 0.2) is 41.6 Å². The highest BCUT2D eigenvalue weighted by Crippen LogP contribution is 2.38. The van der Waals surface area contributed by atoms with E-state index in [2.05, 4.69) is 9.89 Å². The second-order valence-electron chi connectivity index (χ2n) is 8.26. The van der Waals surface area contributed by atoms with Crippen LogP contribution in [-0.4, -0.2) is 56.6 Å². The lowest BCUT2D eigenvalue weighted by Crippen LogP contribution is -2.08. The first-order chi connectivity index (χ1) is 16.8. The molecule has 0 bridgehead atoms. The van der Waals surface area contributed by atoms with Crippen LogP contribution >= 0.6 is 0 Å². The zero-order valence-corrected chi connectivity index (χ0v) is 20.2. The number of ketones is 1. The molecule has 0 amide bonds. The van der Waals surface area contributed by atoms with Gasteiger partial charge in [-0.3, -0.25) is 14.4 Å². The van der Waals surface area contributed by atoms with Gasteiger partial charge in [-0.15, -0.1) is 0 Å². The summed E-state index contributed by atoms with van der Waals surface area (Å²) in [6.45, 7) is 1.62. The lowest BCUT2D eigenvalue weighted by atomic mass is 9.98. The fraction of sp³-hybridized carbons (Fsp3) is 0.385. The maximum atomic E-state index is 11.7. The topological polar surface area (TPSA) is 121 Å². The van der Waals surface area contributed by atoms with Gasteiger partial charge in [0.05, 0.1) is 40.1 Å². The number of rotatable bonds is 6. The van der Waals surface area contributed by atoms with Crippen molar-refractivity contribution in [3.63, 3.8) is 0 Å². The molecule has 4 rings (SSSR count). The maximum absolute atomic E-state index is 11.7. The molecule has 2 atom stereocenters. The molecule has 0 fully saturated rings. The van der Waals surface area contributed by atoms with Crippen molar-refractivity contribution in [2.45, 2.75) is 38.0 Å². The van der Waals surface area contributed by atoms with Crippen LogP contribution in [0.25, 0.3) is 0 Å². The predicted octanol–water partition coefficient (Wildman–Crippen LogP) is 3.85. The van der Waals surface area contributed by atoms with Crippen molar-refractivity contribution in [1.82, 2.24) is 0 Å². The summed E-state index contributed by atoms with van der Waals surface area (Å²) in [6, 6.07) is 10.9. The number of esters is 2. The minimum atomic E-state index is -0.325. The Kier molecular flexibility index (Phi) is 8.46. The molecular weight excluding hydrogens is 454 g/mol. The van der Waals surface area contributed by atoms with Gasteiger partial charge in [0.25, 0.3) is 0 Å². The number of oxime groups is 1. The third-order valence-electron chi connectivity index (χ3n) is 6.13. The van der Waals surface area contributed by atoms with E-state index in [0.29, 0.717) is 29.9 Å². The Balaban J connectivity index is 0.000000196. The molecule has 9 heteroatoms. The van der Waals surface area contributed by atoms with Gasteiger partial charge in [-0.25, -0.2) is 0 Å². The number of Topliss-reactive ketones (excluding diaryl/α,β-unsaturated/α-hetero) is 1. The largest absolute Gasteiger partial charge is 0.497 e. The van der Waals surface area contributed by atoms with Crippen molar-refractivity contribution in [3.8, 4) is 11.5 Å². The molecule has 2 aromatic carbocycles. The Hall–Kier alpha value is -3.88. The summed E-state index contributed by atoms with van der Waals surface area (Å²) in [5, 5.41) is 12.3. The van der Waals surface area contributed by atoms with Crippen molar-refractivity contribution in [2.75, 3.05) is 27.9 Å². The normalized spacial score (nSPS) is 18.7. The van der Waals surface area contributed by atoms with Gasteiger partial charge in [0, 0.05) is 42.7 Å². The van der Waals surface area contributed by atoms with Gasteiger partial charge in [0.1, 0.15) is 11.5 Å². The van der Waals surface area contributed by atoms with Crippen LogP contribution in [-0.2, 0) is 19.1 Å². The monoisotopic (exact) mass is 483 g/mol. The highest BCUT2D eigenvalue weighted by Gasteiger charge is 2.31. The van der Waals surface area contributed by atoms with Crippen molar-refractivity contribution >= 4 is 23.4 Å². The van der Waals surface area contributed by atoms with Crippen molar-refractivity contribution in [2.24, 2.45) is 5.16 Å². The first-order valence-corrected chi connectivity index (χ1v) is 11.1. The van der Waals surface area contributed by atoms with E-state index in [1.165, 1.54) is 14.0 Å². The highest BCUT2D eigenvalue weighted by molar-refractivity contribution is 6.05. The Morgan fingerprint density at radius 2 is 1.54 bits per heavy atom. The van der Waals surface area contributed by atoms with E-state index in [1.54, 1.807) is 26.4 Å². The summed E-state index contributed by atoms with van der Waals surface area (Å²) in [5.41, 5.74) is 4.06. The molecule has 0 aliphatic heterocycles. The summed E-state index contributed by atoms with van der Waals surface area (Å²) in [6.07, 6.45) is 1.21. The second kappa shape index (κ2) is 11.5. The number of carbonyl (C=O) groups is 3. The van der Waals surface area contributed by atoms with Gasteiger partial charge < -0.3 is 24.2 Å². The first-order valence-electron chi connectivity index (χ1n) is 11.1. The van der Waals surface area contributed by atoms with Crippen LogP contribution in [0, 0.1) is 0 Å². The van der Waals surface area contributed by atoms with Crippen LogP contribution in [0.4, 0.5) is 0 Å². The Morgan fingerprint density at radius 3 is 2.09 bits per heavy atom. The molecule has 0 radical (unpaired) electrons. The molecule has 2 unspecified atom stereocenters. The molecule has 1 N–H and O–H groups in total. The zero-order chi connectivity index (χ0) is 25.5. The van der Waals surface area contributed by atoms with Gasteiger partial charge in [-0.05, 0) is 47.5 Å². The van der Waals surface area contributed by atoms with Crippen LogP contribution in [0.2, 0.25) is 0 Å². The van der Waals surface area contributed by atoms with E-state index in [9.17, 15) is 14.4 Å². The molecule has 35 heavy (non-hydrogen) atoms. The molecule has 2 aliphatic carbocycles. The van der Waals surface area contributed by atoms with Gasteiger partial charge in [-0.1, -0.05) is 5.16 Å². The summed E-state index contributed by atoms with van der Waals surface area (Å²) in [5.74, 6) is 0.876.